The molecule has 0 spiro atoms. The zero-order valence-corrected chi connectivity index (χ0v) is 22.7. The molecular weight excluding hydrogens is 422 g/mol. The van der Waals surface area contributed by atoms with Gasteiger partial charge in [-0.25, -0.2) is 0 Å². The molecule has 3 rings (SSSR count). The van der Waals surface area contributed by atoms with Crippen molar-refractivity contribution in [2.45, 2.75) is 95.6 Å². The number of Topliss-reactive ketones (excluding diaryl/α,β-unsaturated/α-hetero) is 1. The lowest BCUT2D eigenvalue weighted by molar-refractivity contribution is -0.0171. The molecule has 1 aromatic rings. The predicted octanol–water partition coefficient (Wildman–Crippen LogP) is 5.13. The van der Waals surface area contributed by atoms with Gasteiger partial charge in [-0.15, -0.1) is 0 Å². The van der Waals surface area contributed by atoms with E-state index in [1.165, 1.54) is 0 Å². The Kier molecular flexibility index (Phi) is 6.44. The number of ketones is 1. The summed E-state index contributed by atoms with van der Waals surface area (Å²) in [5.41, 5.74) is 1.22. The Balaban J connectivity index is 1.83. The Morgan fingerprint density at radius 3 is 2.45 bits per heavy atom. The van der Waals surface area contributed by atoms with E-state index < -0.39 is 22.0 Å². The molecule has 0 saturated heterocycles. The summed E-state index contributed by atoms with van der Waals surface area (Å²) in [5.74, 6) is -0.226. The predicted molar refractivity (Wildman–Crippen MR) is 131 cm³/mol. The zero-order valence-electron chi connectivity index (χ0n) is 20.7. The fraction of sp³-hybridized carbons (Fsp3) is 0.708. The van der Waals surface area contributed by atoms with E-state index in [0.29, 0.717) is 31.7 Å². The van der Waals surface area contributed by atoms with Crippen LogP contribution in [0.2, 0.25) is 37.8 Å². The lowest BCUT2D eigenvalue weighted by atomic mass is 9.65. The van der Waals surface area contributed by atoms with E-state index in [4.69, 9.17) is 9.16 Å². The van der Waals surface area contributed by atoms with Gasteiger partial charge in [0.15, 0.2) is 8.32 Å². The van der Waals surface area contributed by atoms with Gasteiger partial charge in [-0.1, -0.05) is 47.0 Å². The third kappa shape index (κ3) is 4.85. The largest absolute Gasteiger partial charge is 0.410 e. The summed E-state index contributed by atoms with van der Waals surface area (Å²) in [4.78, 5) is 13.5. The van der Waals surface area contributed by atoms with Crippen LogP contribution in [0.4, 0.5) is 0 Å². The second-order valence-electron chi connectivity index (χ2n) is 12.2. The van der Waals surface area contributed by atoms with Gasteiger partial charge in [0, 0.05) is 31.3 Å². The highest BCUT2D eigenvalue weighted by atomic mass is 28.4. The maximum atomic E-state index is 13.5. The van der Waals surface area contributed by atoms with Gasteiger partial charge in [0.05, 0.1) is 26.5 Å². The molecule has 1 aromatic heterocycles. The fourth-order valence-electron chi connectivity index (χ4n) is 4.34. The summed E-state index contributed by atoms with van der Waals surface area (Å²) in [6.45, 7) is 23.4. The quantitative estimate of drug-likeness (QED) is 0.346. The summed E-state index contributed by atoms with van der Waals surface area (Å²) in [6.07, 6.45) is 3.18. The van der Waals surface area contributed by atoms with Gasteiger partial charge in [-0.05, 0) is 41.8 Å². The first-order valence-corrected chi connectivity index (χ1v) is 18.1. The second-order valence-corrected chi connectivity index (χ2v) is 22.4. The molecule has 2 aliphatic carbocycles. The lowest BCUT2D eigenvalue weighted by Crippen LogP contribution is -2.55. The topological polar surface area (TPSA) is 60.7 Å². The van der Waals surface area contributed by atoms with E-state index in [1.807, 2.05) is 16.8 Å². The SMILES string of the molecule is C=C1[C@H]2C[C@@](O)(C[C@H]1O[Si](C)(C)C(C)(C)C)C(=O)c1c2ccn1CCOC[Si](C)(C)C. The van der Waals surface area contributed by atoms with Crippen molar-refractivity contribution in [3.05, 3.63) is 35.7 Å². The van der Waals surface area contributed by atoms with E-state index >= 15 is 0 Å². The molecule has 1 N–H and O–H groups in total. The van der Waals surface area contributed by atoms with Crippen molar-refractivity contribution in [2.24, 2.45) is 0 Å². The van der Waals surface area contributed by atoms with Crippen LogP contribution >= 0.6 is 0 Å². The zero-order chi connectivity index (χ0) is 23.4. The molecule has 174 valence electrons. The van der Waals surface area contributed by atoms with E-state index in [9.17, 15) is 9.90 Å². The van der Waals surface area contributed by atoms with Crippen molar-refractivity contribution in [1.82, 2.24) is 4.57 Å². The fourth-order valence-corrected chi connectivity index (χ4v) is 6.40. The monoisotopic (exact) mass is 463 g/mol. The van der Waals surface area contributed by atoms with Crippen molar-refractivity contribution < 1.29 is 19.1 Å². The maximum absolute atomic E-state index is 13.5. The highest BCUT2D eigenvalue weighted by Gasteiger charge is 2.54. The number of aliphatic hydroxyl groups is 1. The van der Waals surface area contributed by atoms with Gasteiger partial charge in [0.2, 0.25) is 5.78 Å². The van der Waals surface area contributed by atoms with Crippen molar-refractivity contribution in [3.8, 4) is 0 Å². The summed E-state index contributed by atoms with van der Waals surface area (Å²) >= 11 is 0. The van der Waals surface area contributed by atoms with E-state index in [0.717, 1.165) is 17.4 Å². The Bertz CT molecular complexity index is 862. The number of rotatable bonds is 7. The molecule has 7 heteroatoms. The van der Waals surface area contributed by atoms with Crippen LogP contribution < -0.4 is 0 Å². The van der Waals surface area contributed by atoms with Gasteiger partial charge in [0.1, 0.15) is 5.60 Å². The molecule has 2 aliphatic rings. The van der Waals surface area contributed by atoms with Crippen LogP contribution in [-0.4, -0.2) is 56.4 Å². The summed E-state index contributed by atoms with van der Waals surface area (Å²) in [5, 5.41) is 11.5. The highest BCUT2D eigenvalue weighted by Crippen LogP contribution is 2.51. The smallest absolute Gasteiger partial charge is 0.211 e. The lowest BCUT2D eigenvalue weighted by Gasteiger charge is -2.48. The van der Waals surface area contributed by atoms with E-state index in [-0.39, 0.29) is 22.8 Å². The molecular formula is C24H41NO4Si2. The minimum atomic E-state index is -2.06. The van der Waals surface area contributed by atoms with Crippen LogP contribution in [-0.2, 0) is 15.7 Å². The first kappa shape index (κ1) is 24.6. The third-order valence-corrected chi connectivity index (χ3v) is 12.7. The number of hydrogen-bond acceptors (Lipinski definition) is 4. The van der Waals surface area contributed by atoms with Crippen LogP contribution in [0.3, 0.4) is 0 Å². The Labute approximate surface area is 190 Å². The minimum Gasteiger partial charge on any atom is -0.410 e. The Morgan fingerprint density at radius 1 is 1.23 bits per heavy atom. The number of ether oxygens (including phenoxy) is 1. The molecule has 0 amide bonds. The summed E-state index contributed by atoms with van der Waals surface area (Å²) < 4.78 is 14.5. The number of nitrogens with zero attached hydrogens (tertiary/aromatic N) is 1. The Hall–Kier alpha value is -0.996. The minimum absolute atomic E-state index is 0.0506. The van der Waals surface area contributed by atoms with Crippen molar-refractivity contribution in [1.29, 1.82) is 0 Å². The maximum Gasteiger partial charge on any atom is 0.211 e. The summed E-state index contributed by atoms with van der Waals surface area (Å²) in [6, 6.07) is 2.02. The van der Waals surface area contributed by atoms with Gasteiger partial charge >= 0.3 is 0 Å². The average Bonchev–Trinajstić information content (AvgIpc) is 3.02. The van der Waals surface area contributed by atoms with Gasteiger partial charge < -0.3 is 18.8 Å². The molecule has 1 heterocycles. The van der Waals surface area contributed by atoms with Gasteiger partial charge in [-0.3, -0.25) is 4.79 Å². The molecule has 3 atom stereocenters. The van der Waals surface area contributed by atoms with Crippen LogP contribution in [0, 0.1) is 0 Å². The molecule has 0 aliphatic heterocycles. The normalized spacial score (nSPS) is 26.9. The average molecular weight is 464 g/mol. The standard InChI is InChI=1S/C24H41NO4Si2/c1-17-19-14-24(27,15-20(17)29-31(8,9)23(2,3)4)22(26)21-18(19)10-11-25(21)12-13-28-16-30(5,6)7/h10-11,19-20,27H,1,12-16H2,2-9H3/t19-,20-,24-/m1/s1. The van der Waals surface area contributed by atoms with Crippen LogP contribution in [0.25, 0.3) is 0 Å². The number of fused-ring (bicyclic) bond motifs is 4. The molecule has 0 aromatic carbocycles. The molecule has 0 unspecified atom stereocenters. The molecule has 1 fully saturated rings. The van der Waals surface area contributed by atoms with Crippen molar-refractivity contribution in [3.63, 3.8) is 0 Å². The second kappa shape index (κ2) is 8.10. The molecule has 1 saturated carbocycles. The van der Waals surface area contributed by atoms with E-state index in [2.05, 4.69) is 60.1 Å². The molecule has 5 nitrogen and oxygen atoms in total. The summed E-state index contributed by atoms with van der Waals surface area (Å²) in [7, 11) is -3.33. The Morgan fingerprint density at radius 2 is 1.87 bits per heavy atom. The highest BCUT2D eigenvalue weighted by molar-refractivity contribution is 6.76. The first-order valence-electron chi connectivity index (χ1n) is 11.5. The van der Waals surface area contributed by atoms with Crippen LogP contribution in [0.15, 0.2) is 24.4 Å². The van der Waals surface area contributed by atoms with Crippen LogP contribution in [0.1, 0.15) is 55.6 Å². The van der Waals surface area contributed by atoms with Crippen LogP contribution in [0.5, 0.6) is 0 Å². The van der Waals surface area contributed by atoms with Crippen molar-refractivity contribution >= 4 is 22.2 Å². The number of hydrogen-bond donors (Lipinski definition) is 1. The molecule has 0 radical (unpaired) electrons. The number of aromatic nitrogens is 1. The third-order valence-electron chi connectivity index (χ3n) is 7.19. The van der Waals surface area contributed by atoms with Crippen molar-refractivity contribution in [2.75, 3.05) is 12.8 Å². The van der Waals surface area contributed by atoms with Gasteiger partial charge in [0.25, 0.3) is 0 Å². The molecule has 31 heavy (non-hydrogen) atoms. The van der Waals surface area contributed by atoms with Gasteiger partial charge in [-0.2, -0.15) is 0 Å². The number of carbonyl (C=O) groups is 1. The van der Waals surface area contributed by atoms with E-state index in [1.54, 1.807) is 0 Å². The first-order chi connectivity index (χ1) is 14.1. The number of carbonyl (C=O) groups excluding carboxylic acids is 1. The molecule has 2 bridgehead atoms.